The zero-order valence-corrected chi connectivity index (χ0v) is 18.1. The van der Waals surface area contributed by atoms with E-state index in [1.807, 2.05) is 25.1 Å². The van der Waals surface area contributed by atoms with E-state index >= 15 is 0 Å². The fraction of sp³-hybridized carbons (Fsp3) is 0.381. The highest BCUT2D eigenvalue weighted by Crippen LogP contribution is 2.24. The molecule has 0 bridgehead atoms. The first kappa shape index (κ1) is 21.8. The van der Waals surface area contributed by atoms with E-state index in [9.17, 15) is 13.2 Å². The predicted molar refractivity (Wildman–Crippen MR) is 117 cm³/mol. The Hall–Kier alpha value is -1.87. The Balaban J connectivity index is 1.57. The van der Waals surface area contributed by atoms with Gasteiger partial charge in [0.1, 0.15) is 0 Å². The standard InChI is InChI=1S/C21H26N2O4S2/c1-17-7-8-19(29(25,26)23-10-12-27-13-11-23)15-20(17)22-21(24)16-28-14-9-18-5-3-2-4-6-18/h2-8,15H,9-14,16H2,1H3,(H,22,24). The summed E-state index contributed by atoms with van der Waals surface area (Å²) in [4.78, 5) is 12.5. The second-order valence-electron chi connectivity index (χ2n) is 6.83. The first-order valence-corrected chi connectivity index (χ1v) is 12.2. The van der Waals surface area contributed by atoms with Crippen LogP contribution < -0.4 is 5.32 Å². The third-order valence-electron chi connectivity index (χ3n) is 4.70. The molecule has 0 atom stereocenters. The van der Waals surface area contributed by atoms with Crippen LogP contribution in [-0.4, -0.2) is 56.4 Å². The molecule has 3 rings (SSSR count). The number of sulfonamides is 1. The van der Waals surface area contributed by atoms with E-state index in [0.29, 0.717) is 37.7 Å². The average molecular weight is 435 g/mol. The van der Waals surface area contributed by atoms with E-state index in [-0.39, 0.29) is 10.8 Å². The van der Waals surface area contributed by atoms with Crippen molar-refractivity contribution in [2.45, 2.75) is 18.2 Å². The first-order valence-electron chi connectivity index (χ1n) is 9.57. The molecule has 1 fully saturated rings. The molecule has 1 heterocycles. The molecule has 1 aliphatic rings. The minimum absolute atomic E-state index is 0.132. The molecular weight excluding hydrogens is 408 g/mol. The van der Waals surface area contributed by atoms with E-state index in [0.717, 1.165) is 17.7 Å². The van der Waals surface area contributed by atoms with E-state index in [2.05, 4.69) is 17.4 Å². The van der Waals surface area contributed by atoms with E-state index in [1.165, 1.54) is 9.87 Å². The summed E-state index contributed by atoms with van der Waals surface area (Å²) in [5, 5.41) is 2.86. The lowest BCUT2D eigenvalue weighted by Crippen LogP contribution is -2.40. The highest BCUT2D eigenvalue weighted by Gasteiger charge is 2.26. The van der Waals surface area contributed by atoms with E-state index < -0.39 is 10.0 Å². The van der Waals surface area contributed by atoms with E-state index in [1.54, 1.807) is 30.0 Å². The molecule has 1 amide bonds. The third-order valence-corrected chi connectivity index (χ3v) is 7.56. The third kappa shape index (κ3) is 6.05. The Bertz CT molecular complexity index is 927. The summed E-state index contributed by atoms with van der Waals surface area (Å²) < 4.78 is 32.3. The van der Waals surface area contributed by atoms with Gasteiger partial charge in [-0.2, -0.15) is 16.1 Å². The highest BCUT2D eigenvalue weighted by atomic mass is 32.2. The highest BCUT2D eigenvalue weighted by molar-refractivity contribution is 7.99. The number of thioether (sulfide) groups is 1. The minimum atomic E-state index is -3.59. The molecular formula is C21H26N2O4S2. The van der Waals surface area contributed by atoms with Crippen molar-refractivity contribution in [2.24, 2.45) is 0 Å². The van der Waals surface area contributed by atoms with Gasteiger partial charge in [0.2, 0.25) is 15.9 Å². The van der Waals surface area contributed by atoms with Gasteiger partial charge in [-0.3, -0.25) is 4.79 Å². The van der Waals surface area contributed by atoms with Gasteiger partial charge in [-0.25, -0.2) is 8.42 Å². The number of carbonyl (C=O) groups is 1. The number of nitrogens with one attached hydrogen (secondary N) is 1. The smallest absolute Gasteiger partial charge is 0.243 e. The molecule has 0 unspecified atom stereocenters. The predicted octanol–water partition coefficient (Wildman–Crippen LogP) is 2.93. The number of amides is 1. The van der Waals surface area contributed by atoms with Gasteiger partial charge in [-0.1, -0.05) is 36.4 Å². The number of anilines is 1. The lowest BCUT2D eigenvalue weighted by atomic mass is 10.2. The number of ether oxygens (including phenoxy) is 1. The van der Waals surface area contributed by atoms with E-state index in [4.69, 9.17) is 4.74 Å². The summed E-state index contributed by atoms with van der Waals surface area (Å²) in [7, 11) is -3.59. The number of benzene rings is 2. The van der Waals surface area contributed by atoms with Crippen LogP contribution in [0.15, 0.2) is 53.4 Å². The SMILES string of the molecule is Cc1ccc(S(=O)(=O)N2CCOCC2)cc1NC(=O)CSCCc1ccccc1. The number of morpholine rings is 1. The molecule has 0 radical (unpaired) electrons. The van der Waals surface area contributed by atoms with Crippen LogP contribution in [0, 0.1) is 6.92 Å². The van der Waals surface area contributed by atoms with Gasteiger partial charge in [0.05, 0.1) is 23.9 Å². The van der Waals surface area contributed by atoms with Crippen molar-refractivity contribution in [3.05, 3.63) is 59.7 Å². The summed E-state index contributed by atoms with van der Waals surface area (Å²) in [6.45, 7) is 3.33. The molecule has 1 aliphatic heterocycles. The molecule has 0 aliphatic carbocycles. The van der Waals surface area contributed by atoms with Crippen LogP contribution in [0.2, 0.25) is 0 Å². The Morgan fingerprint density at radius 2 is 1.86 bits per heavy atom. The normalized spacial score (nSPS) is 15.2. The summed E-state index contributed by atoms with van der Waals surface area (Å²) >= 11 is 1.56. The summed E-state index contributed by atoms with van der Waals surface area (Å²) in [6, 6.07) is 15.0. The number of carbonyl (C=O) groups excluding carboxylic acids is 1. The van der Waals surface area contributed by atoms with Crippen molar-refractivity contribution in [3.8, 4) is 0 Å². The number of rotatable bonds is 8. The van der Waals surface area contributed by atoms with Crippen LogP contribution in [0.4, 0.5) is 5.69 Å². The van der Waals surface area contributed by atoms with Crippen molar-refractivity contribution in [2.75, 3.05) is 43.1 Å². The molecule has 156 valence electrons. The maximum absolute atomic E-state index is 12.8. The molecule has 1 saturated heterocycles. The largest absolute Gasteiger partial charge is 0.379 e. The summed E-state index contributed by atoms with van der Waals surface area (Å²) in [5.74, 6) is 1.04. The monoisotopic (exact) mass is 434 g/mol. The quantitative estimate of drug-likeness (QED) is 0.647. The Labute approximate surface area is 176 Å². The van der Waals surface area contributed by atoms with Crippen LogP contribution in [0.1, 0.15) is 11.1 Å². The molecule has 2 aromatic rings. The molecule has 1 N–H and O–H groups in total. The fourth-order valence-electron chi connectivity index (χ4n) is 3.02. The molecule has 8 heteroatoms. The van der Waals surface area contributed by atoms with Crippen LogP contribution in [0.25, 0.3) is 0 Å². The molecule has 0 aromatic heterocycles. The number of hydrogen-bond acceptors (Lipinski definition) is 5. The number of nitrogens with zero attached hydrogens (tertiary/aromatic N) is 1. The van der Waals surface area contributed by atoms with Crippen LogP contribution in [0.5, 0.6) is 0 Å². The van der Waals surface area contributed by atoms with Gasteiger partial charge in [0.15, 0.2) is 0 Å². The van der Waals surface area contributed by atoms with Crippen molar-refractivity contribution in [3.63, 3.8) is 0 Å². The van der Waals surface area contributed by atoms with Gasteiger partial charge in [-0.15, -0.1) is 0 Å². The summed E-state index contributed by atoms with van der Waals surface area (Å²) in [6.07, 6.45) is 0.908. The van der Waals surface area contributed by atoms with Gasteiger partial charge < -0.3 is 10.1 Å². The topological polar surface area (TPSA) is 75.7 Å². The van der Waals surface area contributed by atoms with Crippen molar-refractivity contribution >= 4 is 33.4 Å². The zero-order chi connectivity index (χ0) is 20.7. The Kier molecular flexibility index (Phi) is 7.71. The molecule has 29 heavy (non-hydrogen) atoms. The van der Waals surface area contributed by atoms with Crippen molar-refractivity contribution < 1.29 is 17.9 Å². The van der Waals surface area contributed by atoms with Crippen LogP contribution in [0.3, 0.4) is 0 Å². The lowest BCUT2D eigenvalue weighted by Gasteiger charge is -2.26. The second kappa shape index (κ2) is 10.2. The molecule has 2 aromatic carbocycles. The zero-order valence-electron chi connectivity index (χ0n) is 16.5. The average Bonchev–Trinajstić information content (AvgIpc) is 2.74. The molecule has 0 saturated carbocycles. The second-order valence-corrected chi connectivity index (χ2v) is 9.87. The maximum atomic E-state index is 12.8. The number of aryl methyl sites for hydroxylation is 2. The first-order chi connectivity index (χ1) is 14.0. The van der Waals surface area contributed by atoms with Gasteiger partial charge in [0.25, 0.3) is 0 Å². The molecule has 6 nitrogen and oxygen atoms in total. The Morgan fingerprint density at radius 1 is 1.14 bits per heavy atom. The van der Waals surface area contributed by atoms with Gasteiger partial charge in [0, 0.05) is 18.8 Å². The van der Waals surface area contributed by atoms with Gasteiger partial charge in [-0.05, 0) is 42.4 Å². The maximum Gasteiger partial charge on any atom is 0.243 e. The summed E-state index contributed by atoms with van der Waals surface area (Å²) in [5.41, 5.74) is 2.61. The Morgan fingerprint density at radius 3 is 2.59 bits per heavy atom. The lowest BCUT2D eigenvalue weighted by molar-refractivity contribution is -0.113. The molecule has 0 spiro atoms. The number of hydrogen-bond donors (Lipinski definition) is 1. The fourth-order valence-corrected chi connectivity index (χ4v) is 5.23. The van der Waals surface area contributed by atoms with Crippen molar-refractivity contribution in [1.82, 2.24) is 4.31 Å². The van der Waals surface area contributed by atoms with Crippen LogP contribution >= 0.6 is 11.8 Å². The van der Waals surface area contributed by atoms with Gasteiger partial charge >= 0.3 is 0 Å². The van der Waals surface area contributed by atoms with Crippen LogP contribution in [-0.2, 0) is 26.0 Å². The van der Waals surface area contributed by atoms with Crippen molar-refractivity contribution in [1.29, 1.82) is 0 Å². The minimum Gasteiger partial charge on any atom is -0.379 e.